The van der Waals surface area contributed by atoms with Gasteiger partial charge < -0.3 is 14.7 Å². The second kappa shape index (κ2) is 6.89. The number of carbonyl (C=O) groups is 1. The molecule has 0 saturated carbocycles. The Morgan fingerprint density at radius 3 is 2.64 bits per heavy atom. The molecule has 0 amide bonds. The van der Waals surface area contributed by atoms with Gasteiger partial charge in [-0.25, -0.2) is 4.39 Å². The molecule has 0 aliphatic carbocycles. The van der Waals surface area contributed by atoms with Crippen LogP contribution in [0, 0.1) is 19.7 Å². The molecule has 1 unspecified atom stereocenters. The quantitative estimate of drug-likeness (QED) is 0.538. The van der Waals surface area contributed by atoms with Crippen LogP contribution < -0.4 is 5.32 Å². The number of aldehydes is 1. The number of hydrogen-bond donors (Lipinski definition) is 1. The van der Waals surface area contributed by atoms with Crippen molar-refractivity contribution in [2.45, 2.75) is 26.4 Å². The second-order valence-electron chi connectivity index (χ2n) is 5.97. The number of nitrogens with zero attached hydrogens (tertiary/aromatic N) is 2. The maximum atomic E-state index is 13.1. The summed E-state index contributed by atoms with van der Waals surface area (Å²) < 4.78 is 15.2. The third kappa shape index (κ3) is 3.05. The smallest absolute Gasteiger partial charge is 0.148 e. The van der Waals surface area contributed by atoms with Gasteiger partial charge in [0.15, 0.2) is 0 Å². The molecule has 25 heavy (non-hydrogen) atoms. The number of allylic oxidation sites excluding steroid dienone is 1. The Morgan fingerprint density at radius 1 is 1.28 bits per heavy atom. The molecule has 128 valence electrons. The van der Waals surface area contributed by atoms with Gasteiger partial charge in [0, 0.05) is 29.5 Å². The van der Waals surface area contributed by atoms with Crippen molar-refractivity contribution in [2.24, 2.45) is 0 Å². The Morgan fingerprint density at radius 2 is 2.00 bits per heavy atom. The van der Waals surface area contributed by atoms with Crippen LogP contribution in [0.15, 0.2) is 49.2 Å². The minimum Gasteiger partial charge on any atom is -0.371 e. The fourth-order valence-corrected chi connectivity index (χ4v) is 3.10. The zero-order chi connectivity index (χ0) is 18.0. The van der Waals surface area contributed by atoms with Gasteiger partial charge in [0.05, 0.1) is 11.2 Å². The molecule has 1 N–H and O–H groups in total. The minimum absolute atomic E-state index is 0.320. The normalized spacial score (nSPS) is 12.1. The van der Waals surface area contributed by atoms with Crippen LogP contribution in [0.25, 0.3) is 10.9 Å². The van der Waals surface area contributed by atoms with Crippen LogP contribution in [0.3, 0.4) is 0 Å². The number of halogens is 1. The SMILES string of the molecule is C=CCn1c(C)c(C)c2ccnc(C(C=O)Nc3ccc(F)cc3)c21. The van der Waals surface area contributed by atoms with Gasteiger partial charge in [-0.05, 0) is 49.7 Å². The Bertz CT molecular complexity index is 928. The standard InChI is InChI=1S/C20H20FN3O/c1-4-11-24-14(3)13(2)17-9-10-22-19(20(17)24)18(12-25)23-16-7-5-15(21)6-8-16/h4-10,12,18,23H,1,11H2,2-3H3. The van der Waals surface area contributed by atoms with Gasteiger partial charge in [-0.15, -0.1) is 6.58 Å². The first-order valence-corrected chi connectivity index (χ1v) is 8.09. The zero-order valence-corrected chi connectivity index (χ0v) is 14.3. The van der Waals surface area contributed by atoms with E-state index in [-0.39, 0.29) is 5.82 Å². The van der Waals surface area contributed by atoms with Gasteiger partial charge in [0.1, 0.15) is 18.1 Å². The van der Waals surface area contributed by atoms with Crippen molar-refractivity contribution in [1.82, 2.24) is 9.55 Å². The number of aryl methyl sites for hydroxylation is 1. The van der Waals surface area contributed by atoms with Gasteiger partial charge in [0.25, 0.3) is 0 Å². The summed E-state index contributed by atoms with van der Waals surface area (Å²) in [5, 5.41) is 4.19. The number of benzene rings is 1. The van der Waals surface area contributed by atoms with Crippen LogP contribution in [0.1, 0.15) is 23.0 Å². The monoisotopic (exact) mass is 337 g/mol. The summed E-state index contributed by atoms with van der Waals surface area (Å²) in [5.41, 5.74) is 4.51. The van der Waals surface area contributed by atoms with Gasteiger partial charge in [0.2, 0.25) is 0 Å². The van der Waals surface area contributed by atoms with Crippen molar-refractivity contribution in [3.05, 3.63) is 72.0 Å². The topological polar surface area (TPSA) is 46.9 Å². The lowest BCUT2D eigenvalue weighted by molar-refractivity contribution is -0.108. The van der Waals surface area contributed by atoms with E-state index in [1.165, 1.54) is 12.1 Å². The van der Waals surface area contributed by atoms with Crippen LogP contribution in [0.5, 0.6) is 0 Å². The highest BCUT2D eigenvalue weighted by Crippen LogP contribution is 2.30. The van der Waals surface area contributed by atoms with E-state index in [2.05, 4.69) is 28.4 Å². The van der Waals surface area contributed by atoms with Crippen LogP contribution in [-0.2, 0) is 11.3 Å². The number of anilines is 1. The summed E-state index contributed by atoms with van der Waals surface area (Å²) in [5.74, 6) is -0.320. The number of pyridine rings is 1. The highest BCUT2D eigenvalue weighted by Gasteiger charge is 2.20. The number of rotatable bonds is 6. The fraction of sp³-hybridized carbons (Fsp3) is 0.200. The molecule has 0 radical (unpaired) electrons. The first-order valence-electron chi connectivity index (χ1n) is 8.09. The maximum Gasteiger partial charge on any atom is 0.148 e. The highest BCUT2D eigenvalue weighted by molar-refractivity contribution is 5.89. The zero-order valence-electron chi connectivity index (χ0n) is 14.3. The van der Waals surface area contributed by atoms with E-state index in [9.17, 15) is 9.18 Å². The molecular formula is C20H20FN3O. The molecule has 0 aliphatic rings. The van der Waals surface area contributed by atoms with E-state index in [4.69, 9.17) is 0 Å². The van der Waals surface area contributed by atoms with Crippen LogP contribution in [-0.4, -0.2) is 15.8 Å². The van der Waals surface area contributed by atoms with Crippen molar-refractivity contribution in [3.8, 4) is 0 Å². The Labute approximate surface area is 146 Å². The predicted octanol–water partition coefficient (Wildman–Crippen LogP) is 4.33. The average molecular weight is 337 g/mol. The predicted molar refractivity (Wildman–Crippen MR) is 98.2 cm³/mol. The highest BCUT2D eigenvalue weighted by atomic mass is 19.1. The summed E-state index contributed by atoms with van der Waals surface area (Å²) >= 11 is 0. The first-order chi connectivity index (χ1) is 12.1. The third-order valence-electron chi connectivity index (χ3n) is 4.48. The van der Waals surface area contributed by atoms with E-state index in [1.54, 1.807) is 18.3 Å². The summed E-state index contributed by atoms with van der Waals surface area (Å²) in [6.45, 7) is 8.57. The van der Waals surface area contributed by atoms with E-state index >= 15 is 0 Å². The lowest BCUT2D eigenvalue weighted by atomic mass is 10.1. The molecule has 2 aromatic heterocycles. The van der Waals surface area contributed by atoms with E-state index < -0.39 is 6.04 Å². The largest absolute Gasteiger partial charge is 0.371 e. The van der Waals surface area contributed by atoms with Crippen molar-refractivity contribution in [1.29, 1.82) is 0 Å². The molecule has 1 aromatic carbocycles. The van der Waals surface area contributed by atoms with E-state index in [0.29, 0.717) is 17.9 Å². The molecule has 2 heterocycles. The van der Waals surface area contributed by atoms with E-state index in [0.717, 1.165) is 28.4 Å². The van der Waals surface area contributed by atoms with Crippen LogP contribution in [0.4, 0.5) is 10.1 Å². The van der Waals surface area contributed by atoms with E-state index in [1.807, 2.05) is 19.1 Å². The van der Waals surface area contributed by atoms with Gasteiger partial charge >= 0.3 is 0 Å². The molecule has 3 rings (SSSR count). The summed E-state index contributed by atoms with van der Waals surface area (Å²) in [6, 6.07) is 7.24. The number of nitrogens with one attached hydrogen (secondary N) is 1. The number of carbonyl (C=O) groups excluding carboxylic acids is 1. The van der Waals surface area contributed by atoms with Crippen molar-refractivity contribution in [2.75, 3.05) is 5.32 Å². The number of fused-ring (bicyclic) bond motifs is 1. The molecule has 0 saturated heterocycles. The summed E-state index contributed by atoms with van der Waals surface area (Å²) in [7, 11) is 0. The maximum absolute atomic E-state index is 13.1. The number of aromatic nitrogens is 2. The molecular weight excluding hydrogens is 317 g/mol. The van der Waals surface area contributed by atoms with Crippen LogP contribution >= 0.6 is 0 Å². The fourth-order valence-electron chi connectivity index (χ4n) is 3.10. The molecule has 5 heteroatoms. The van der Waals surface area contributed by atoms with Gasteiger partial charge in [-0.3, -0.25) is 4.98 Å². The Hall–Kier alpha value is -2.95. The molecule has 0 spiro atoms. The first kappa shape index (κ1) is 16.9. The lowest BCUT2D eigenvalue weighted by Gasteiger charge is -2.16. The summed E-state index contributed by atoms with van der Waals surface area (Å²) in [4.78, 5) is 16.2. The molecule has 0 bridgehead atoms. The average Bonchev–Trinajstić information content (AvgIpc) is 2.87. The van der Waals surface area contributed by atoms with Crippen LogP contribution in [0.2, 0.25) is 0 Å². The molecule has 1 atom stereocenters. The molecule has 3 aromatic rings. The number of hydrogen-bond acceptors (Lipinski definition) is 3. The molecule has 0 fully saturated rings. The van der Waals surface area contributed by atoms with Crippen molar-refractivity contribution < 1.29 is 9.18 Å². The van der Waals surface area contributed by atoms with Crippen molar-refractivity contribution in [3.63, 3.8) is 0 Å². The minimum atomic E-state index is -0.633. The molecule has 4 nitrogen and oxygen atoms in total. The van der Waals surface area contributed by atoms with Gasteiger partial charge in [-0.1, -0.05) is 6.08 Å². The Kier molecular flexibility index (Phi) is 4.65. The third-order valence-corrected chi connectivity index (χ3v) is 4.48. The second-order valence-corrected chi connectivity index (χ2v) is 5.97. The van der Waals surface area contributed by atoms with Crippen molar-refractivity contribution >= 4 is 22.9 Å². The lowest BCUT2D eigenvalue weighted by Crippen LogP contribution is -2.15. The summed E-state index contributed by atoms with van der Waals surface area (Å²) in [6.07, 6.45) is 4.36. The molecule has 0 aliphatic heterocycles. The van der Waals surface area contributed by atoms with Gasteiger partial charge in [-0.2, -0.15) is 0 Å². The Balaban J connectivity index is 2.12.